The third kappa shape index (κ3) is 10.8. The van der Waals surface area contributed by atoms with Crippen molar-refractivity contribution in [1.82, 2.24) is 0 Å². The monoisotopic (exact) mass is 673 g/mol. The van der Waals surface area contributed by atoms with E-state index in [2.05, 4.69) is 11.8 Å². The zero-order valence-corrected chi connectivity index (χ0v) is 26.7. The van der Waals surface area contributed by atoms with E-state index in [-0.39, 0.29) is 40.2 Å². The van der Waals surface area contributed by atoms with E-state index < -0.39 is 57.4 Å². The number of esters is 3. The fraction of sp³-hybridized carbons (Fsp3) is 0.265. The van der Waals surface area contributed by atoms with Gasteiger partial charge in [0.15, 0.2) is 12.7 Å². The summed E-state index contributed by atoms with van der Waals surface area (Å²) < 4.78 is 16.5. The van der Waals surface area contributed by atoms with Crippen LogP contribution in [-0.2, 0) is 14.2 Å². The number of non-ortho nitro benzene ring substituents is 3. The first kappa shape index (κ1) is 37.0. The van der Waals surface area contributed by atoms with Gasteiger partial charge in [-0.3, -0.25) is 30.3 Å². The lowest BCUT2D eigenvalue weighted by Gasteiger charge is -2.32. The van der Waals surface area contributed by atoms with Gasteiger partial charge in [0.25, 0.3) is 17.1 Å². The molecular formula is C34H31N3O12. The maximum absolute atomic E-state index is 13.3. The molecule has 3 aromatic rings. The Labute approximate surface area is 279 Å². The highest BCUT2D eigenvalue weighted by molar-refractivity contribution is 5.91. The number of hydrogen-bond acceptors (Lipinski definition) is 12. The fourth-order valence-corrected chi connectivity index (χ4v) is 4.33. The van der Waals surface area contributed by atoms with Crippen molar-refractivity contribution < 1.29 is 43.4 Å². The molecule has 2 atom stereocenters. The summed E-state index contributed by atoms with van der Waals surface area (Å²) in [4.78, 5) is 69.8. The Balaban J connectivity index is 1.89. The maximum atomic E-state index is 13.3. The van der Waals surface area contributed by atoms with Gasteiger partial charge in [-0.1, -0.05) is 23.5 Å². The molecule has 0 saturated carbocycles. The second-order valence-corrected chi connectivity index (χ2v) is 11.0. The van der Waals surface area contributed by atoms with E-state index in [0.29, 0.717) is 6.42 Å². The van der Waals surface area contributed by atoms with Gasteiger partial charge in [-0.2, -0.15) is 0 Å². The molecule has 0 aliphatic heterocycles. The summed E-state index contributed by atoms with van der Waals surface area (Å²) in [6, 6.07) is 14.2. The lowest BCUT2D eigenvalue weighted by molar-refractivity contribution is -0.385. The number of rotatable bonds is 14. The van der Waals surface area contributed by atoms with Crippen LogP contribution in [0.4, 0.5) is 17.1 Å². The Morgan fingerprint density at radius 3 is 1.53 bits per heavy atom. The third-order valence-electron chi connectivity index (χ3n) is 7.13. The second kappa shape index (κ2) is 16.9. The number of nitrogens with zero attached hydrogens (tertiary/aromatic N) is 3. The number of nitro groups is 3. The van der Waals surface area contributed by atoms with Gasteiger partial charge in [0.2, 0.25) is 0 Å². The van der Waals surface area contributed by atoms with E-state index in [1.54, 1.807) is 6.92 Å². The van der Waals surface area contributed by atoms with Crippen molar-refractivity contribution in [1.29, 1.82) is 0 Å². The molecule has 15 nitrogen and oxygen atoms in total. The average molecular weight is 674 g/mol. The van der Waals surface area contributed by atoms with Gasteiger partial charge < -0.3 is 14.2 Å². The molecule has 0 heterocycles. The number of hydrogen-bond donors (Lipinski definition) is 0. The van der Waals surface area contributed by atoms with Crippen LogP contribution >= 0.6 is 0 Å². The normalized spacial score (nSPS) is 12.1. The van der Waals surface area contributed by atoms with Crippen molar-refractivity contribution in [2.45, 2.75) is 39.7 Å². The van der Waals surface area contributed by atoms with Crippen molar-refractivity contribution in [3.8, 4) is 11.8 Å². The van der Waals surface area contributed by atoms with Gasteiger partial charge in [-0.15, -0.1) is 0 Å². The number of carbonyl (C=O) groups excluding carboxylic acids is 3. The summed E-state index contributed by atoms with van der Waals surface area (Å²) >= 11 is 0. The number of carbonyl (C=O) groups is 3. The smallest absolute Gasteiger partial charge is 0.339 e. The van der Waals surface area contributed by atoms with E-state index in [1.165, 1.54) is 36.4 Å². The average Bonchev–Trinajstić information content (AvgIpc) is 3.08. The highest BCUT2D eigenvalue weighted by Gasteiger charge is 2.37. The zero-order valence-electron chi connectivity index (χ0n) is 26.7. The summed E-state index contributed by atoms with van der Waals surface area (Å²) in [6.07, 6.45) is 1.43. The highest BCUT2D eigenvalue weighted by Crippen LogP contribution is 2.32. The number of allylic oxidation sites excluding steroid dienone is 2. The summed E-state index contributed by atoms with van der Waals surface area (Å²) in [6.45, 7) is 4.53. The van der Waals surface area contributed by atoms with Gasteiger partial charge in [0, 0.05) is 36.4 Å². The summed E-state index contributed by atoms with van der Waals surface area (Å²) in [7, 11) is 0. The minimum atomic E-state index is -1.22. The van der Waals surface area contributed by atoms with Crippen molar-refractivity contribution in [3.63, 3.8) is 0 Å². The van der Waals surface area contributed by atoms with Crippen LogP contribution in [0.1, 0.15) is 64.7 Å². The minimum absolute atomic E-state index is 0.00142. The molecule has 3 aromatic carbocycles. The van der Waals surface area contributed by atoms with Crippen LogP contribution in [0.25, 0.3) is 0 Å². The quantitative estimate of drug-likeness (QED) is 0.0454. The van der Waals surface area contributed by atoms with Gasteiger partial charge in [0.05, 0.1) is 36.9 Å². The standard InChI is InChI=1S/C34H31N3O12/c1-23(2)6-4-19-34(3,20-5-21-47-31(38)24-7-13-27(14-8-24)35(41)42)30(49-33(40)26-11-17-29(18-12-26)37(45)46)22-48-32(39)25-9-15-28(16-10-25)36(43)44/h6-18,30H,4,19,21-22H2,1-3H3. The van der Waals surface area contributed by atoms with Crippen LogP contribution < -0.4 is 0 Å². The number of benzene rings is 3. The van der Waals surface area contributed by atoms with Gasteiger partial charge in [-0.05, 0) is 70.0 Å². The topological polar surface area (TPSA) is 208 Å². The Morgan fingerprint density at radius 2 is 1.12 bits per heavy atom. The summed E-state index contributed by atoms with van der Waals surface area (Å²) in [5.41, 5.74) is -0.864. The first-order chi connectivity index (χ1) is 23.2. The molecule has 0 N–H and O–H groups in total. The molecule has 0 fully saturated rings. The Kier molecular flexibility index (Phi) is 12.8. The lowest BCUT2D eigenvalue weighted by Crippen LogP contribution is -2.40. The van der Waals surface area contributed by atoms with Crippen molar-refractivity contribution in [2.24, 2.45) is 5.41 Å². The largest absolute Gasteiger partial charge is 0.458 e. The molecule has 15 heteroatoms. The van der Waals surface area contributed by atoms with E-state index >= 15 is 0 Å². The van der Waals surface area contributed by atoms with E-state index in [0.717, 1.165) is 42.0 Å². The van der Waals surface area contributed by atoms with E-state index in [4.69, 9.17) is 14.2 Å². The SMILES string of the molecule is CC(C)=CCCC(C)(C#CCOC(=O)c1ccc([N+](=O)[O-])cc1)C(COC(=O)c1ccc([N+](=O)[O-])cc1)OC(=O)c1ccc([N+](=O)[O-])cc1. The molecule has 254 valence electrons. The molecule has 0 radical (unpaired) electrons. The Hall–Kier alpha value is -6.43. The molecule has 0 bridgehead atoms. The molecule has 49 heavy (non-hydrogen) atoms. The predicted octanol–water partition coefficient (Wildman–Crippen LogP) is 6.41. The predicted molar refractivity (Wildman–Crippen MR) is 174 cm³/mol. The van der Waals surface area contributed by atoms with Crippen LogP contribution in [0.3, 0.4) is 0 Å². The Morgan fingerprint density at radius 1 is 0.714 bits per heavy atom. The third-order valence-corrected chi connectivity index (χ3v) is 7.13. The molecular weight excluding hydrogens is 642 g/mol. The fourth-order valence-electron chi connectivity index (χ4n) is 4.33. The van der Waals surface area contributed by atoms with Gasteiger partial charge >= 0.3 is 17.9 Å². The molecule has 0 aliphatic carbocycles. The number of nitro benzene ring substituents is 3. The molecule has 0 amide bonds. The van der Waals surface area contributed by atoms with Crippen molar-refractivity contribution in [2.75, 3.05) is 13.2 Å². The van der Waals surface area contributed by atoms with Crippen molar-refractivity contribution in [3.05, 3.63) is 131 Å². The van der Waals surface area contributed by atoms with Crippen LogP contribution in [0, 0.1) is 47.6 Å². The van der Waals surface area contributed by atoms with Crippen LogP contribution in [0.2, 0.25) is 0 Å². The highest BCUT2D eigenvalue weighted by atomic mass is 16.6. The van der Waals surface area contributed by atoms with Gasteiger partial charge in [-0.25, -0.2) is 14.4 Å². The summed E-state index contributed by atoms with van der Waals surface area (Å²) in [5.74, 6) is 3.21. The summed E-state index contributed by atoms with van der Waals surface area (Å²) in [5, 5.41) is 33.0. The zero-order chi connectivity index (χ0) is 36.1. The van der Waals surface area contributed by atoms with E-state index in [9.17, 15) is 44.7 Å². The molecule has 3 rings (SSSR count). The van der Waals surface area contributed by atoms with Crippen LogP contribution in [-0.4, -0.2) is 52.0 Å². The van der Waals surface area contributed by atoms with Crippen LogP contribution in [0.15, 0.2) is 84.4 Å². The lowest BCUT2D eigenvalue weighted by atomic mass is 9.80. The molecule has 0 aliphatic rings. The first-order valence-electron chi connectivity index (χ1n) is 14.6. The molecule has 2 unspecified atom stereocenters. The maximum Gasteiger partial charge on any atom is 0.339 e. The van der Waals surface area contributed by atoms with E-state index in [1.807, 2.05) is 19.9 Å². The molecule has 0 aromatic heterocycles. The number of ether oxygens (including phenoxy) is 3. The van der Waals surface area contributed by atoms with Crippen molar-refractivity contribution >= 4 is 35.0 Å². The van der Waals surface area contributed by atoms with Crippen LogP contribution in [0.5, 0.6) is 0 Å². The minimum Gasteiger partial charge on any atom is -0.458 e. The Bertz CT molecular complexity index is 1800. The first-order valence-corrected chi connectivity index (χ1v) is 14.6. The second-order valence-electron chi connectivity index (χ2n) is 11.0. The molecule has 0 saturated heterocycles. The molecule has 0 spiro atoms. The van der Waals surface area contributed by atoms with Gasteiger partial charge in [0.1, 0.15) is 6.61 Å².